The van der Waals surface area contributed by atoms with Crippen LogP contribution in [0.25, 0.3) is 0 Å². The zero-order chi connectivity index (χ0) is 24.7. The van der Waals surface area contributed by atoms with Gasteiger partial charge in [-0.1, -0.05) is 6.07 Å². The lowest BCUT2D eigenvalue weighted by molar-refractivity contribution is -0.137. The number of halogens is 3. The van der Waals surface area contributed by atoms with E-state index >= 15 is 0 Å². The molecule has 3 aromatic rings. The molecule has 0 atom stereocenters. The molecule has 3 amide bonds. The molecule has 0 aliphatic heterocycles. The molecule has 0 bridgehead atoms. The van der Waals surface area contributed by atoms with E-state index in [2.05, 4.69) is 21.3 Å². The van der Waals surface area contributed by atoms with Crippen molar-refractivity contribution in [1.29, 1.82) is 0 Å². The number of hydrogen-bond acceptors (Lipinski definition) is 5. The summed E-state index contributed by atoms with van der Waals surface area (Å²) in [6, 6.07) is 10.7. The molecule has 3 rings (SSSR count). The molecule has 0 radical (unpaired) electrons. The van der Waals surface area contributed by atoms with Crippen molar-refractivity contribution in [2.75, 3.05) is 29.0 Å². The van der Waals surface area contributed by atoms with Crippen molar-refractivity contribution in [1.82, 2.24) is 5.32 Å². The van der Waals surface area contributed by atoms with Gasteiger partial charge in [-0.3, -0.25) is 14.4 Å². The summed E-state index contributed by atoms with van der Waals surface area (Å²) in [5, 5.41) is 10.00. The van der Waals surface area contributed by atoms with Crippen molar-refractivity contribution < 1.29 is 32.0 Å². The Hall–Kier alpha value is -4.28. The Morgan fingerprint density at radius 3 is 2.35 bits per heavy atom. The zero-order valence-electron chi connectivity index (χ0n) is 18.0. The van der Waals surface area contributed by atoms with Crippen molar-refractivity contribution in [2.45, 2.75) is 13.1 Å². The highest BCUT2D eigenvalue weighted by Crippen LogP contribution is 2.36. The van der Waals surface area contributed by atoms with Gasteiger partial charge in [0.2, 0.25) is 5.91 Å². The van der Waals surface area contributed by atoms with Gasteiger partial charge >= 0.3 is 6.18 Å². The molecule has 0 unspecified atom stereocenters. The summed E-state index contributed by atoms with van der Waals surface area (Å²) in [5.41, 5.74) is -0.646. The number of hydrogen-bond donors (Lipinski definition) is 4. The number of carbonyl (C=O) groups is 3. The smallest absolute Gasteiger partial charge is 0.418 e. The van der Waals surface area contributed by atoms with Crippen LogP contribution < -0.4 is 21.3 Å². The lowest BCUT2D eigenvalue weighted by atomic mass is 10.1. The molecular weight excluding hydrogens is 453 g/mol. The van der Waals surface area contributed by atoms with Crippen LogP contribution in [0.15, 0.2) is 65.5 Å². The van der Waals surface area contributed by atoms with Gasteiger partial charge in [0.15, 0.2) is 0 Å². The number of rotatable bonds is 8. The second-order valence-corrected chi connectivity index (χ2v) is 7.07. The van der Waals surface area contributed by atoms with E-state index in [0.717, 1.165) is 12.1 Å². The molecule has 0 fully saturated rings. The first-order valence-electron chi connectivity index (χ1n) is 10.1. The lowest BCUT2D eigenvalue weighted by Crippen LogP contribution is -2.24. The van der Waals surface area contributed by atoms with E-state index in [1.807, 2.05) is 0 Å². The average Bonchev–Trinajstić information content (AvgIpc) is 3.33. The number of anilines is 3. The molecule has 8 nitrogen and oxygen atoms in total. The Kier molecular flexibility index (Phi) is 7.57. The van der Waals surface area contributed by atoms with Crippen LogP contribution in [0.2, 0.25) is 0 Å². The van der Waals surface area contributed by atoms with Gasteiger partial charge < -0.3 is 25.7 Å². The number of carbonyl (C=O) groups excluding carboxylic acids is 3. The normalized spacial score (nSPS) is 10.9. The molecule has 2 aromatic carbocycles. The molecule has 34 heavy (non-hydrogen) atoms. The van der Waals surface area contributed by atoms with E-state index in [0.29, 0.717) is 17.8 Å². The molecule has 0 aliphatic carbocycles. The predicted octanol–water partition coefficient (Wildman–Crippen LogP) is 4.35. The molecule has 1 aromatic heterocycles. The summed E-state index contributed by atoms with van der Waals surface area (Å²) >= 11 is 0. The summed E-state index contributed by atoms with van der Waals surface area (Å²) < 4.78 is 45.5. The zero-order valence-corrected chi connectivity index (χ0v) is 18.0. The maximum absolute atomic E-state index is 13.6. The Labute approximate surface area is 192 Å². The monoisotopic (exact) mass is 474 g/mol. The standard InChI is InChI=1S/C23H21F3N4O4/c1-2-27-21(32)14-4-3-5-16(10-14)29-20(31)12-28-19-7-6-17(11-18(19)23(24,25)26)30-22(33)15-8-9-34-13-15/h3-11,13,28H,2,12H2,1H3,(H,27,32)(H,29,31)(H,30,33). The summed E-state index contributed by atoms with van der Waals surface area (Å²) in [6.45, 7) is 1.74. The van der Waals surface area contributed by atoms with Crippen molar-refractivity contribution in [2.24, 2.45) is 0 Å². The maximum Gasteiger partial charge on any atom is 0.418 e. The summed E-state index contributed by atoms with van der Waals surface area (Å²) in [6.07, 6.45) is -2.30. The predicted molar refractivity (Wildman–Crippen MR) is 120 cm³/mol. The van der Waals surface area contributed by atoms with Crippen LogP contribution in [-0.2, 0) is 11.0 Å². The van der Waals surface area contributed by atoms with Gasteiger partial charge in [0, 0.05) is 29.2 Å². The second-order valence-electron chi connectivity index (χ2n) is 7.07. The second kappa shape index (κ2) is 10.6. The van der Waals surface area contributed by atoms with Gasteiger partial charge in [-0.05, 0) is 49.4 Å². The first-order chi connectivity index (χ1) is 16.2. The van der Waals surface area contributed by atoms with Gasteiger partial charge in [-0.2, -0.15) is 13.2 Å². The molecule has 178 valence electrons. The number of alkyl halides is 3. The van der Waals surface area contributed by atoms with Crippen LogP contribution in [-0.4, -0.2) is 30.8 Å². The molecule has 0 aliphatic rings. The van der Waals surface area contributed by atoms with Gasteiger partial charge in [0.25, 0.3) is 11.8 Å². The molecule has 1 heterocycles. The van der Waals surface area contributed by atoms with Crippen LogP contribution in [0.4, 0.5) is 30.2 Å². The third-order valence-corrected chi connectivity index (χ3v) is 4.55. The maximum atomic E-state index is 13.6. The minimum absolute atomic E-state index is 0.0734. The molecular formula is C23H21F3N4O4. The van der Waals surface area contributed by atoms with Crippen LogP contribution in [0.1, 0.15) is 33.2 Å². The number of nitrogens with one attached hydrogen (secondary N) is 4. The summed E-state index contributed by atoms with van der Waals surface area (Å²) in [4.78, 5) is 36.3. The van der Waals surface area contributed by atoms with Gasteiger partial charge in [-0.25, -0.2) is 0 Å². The van der Waals surface area contributed by atoms with Gasteiger partial charge in [-0.15, -0.1) is 0 Å². The fourth-order valence-electron chi connectivity index (χ4n) is 2.99. The van der Waals surface area contributed by atoms with Crippen LogP contribution >= 0.6 is 0 Å². The van der Waals surface area contributed by atoms with Crippen molar-refractivity contribution in [3.05, 3.63) is 77.7 Å². The Balaban J connectivity index is 1.67. The SMILES string of the molecule is CCNC(=O)c1cccc(NC(=O)CNc2ccc(NC(=O)c3ccoc3)cc2C(F)(F)F)c1. The molecule has 0 spiro atoms. The van der Waals surface area contributed by atoms with Crippen molar-refractivity contribution in [3.63, 3.8) is 0 Å². The van der Waals surface area contributed by atoms with E-state index in [1.54, 1.807) is 25.1 Å². The number of amides is 3. The first kappa shape index (κ1) is 24.4. The highest BCUT2D eigenvalue weighted by Gasteiger charge is 2.34. The quantitative estimate of drug-likeness (QED) is 0.388. The minimum Gasteiger partial charge on any atom is -0.472 e. The Bertz CT molecular complexity index is 1180. The van der Waals surface area contributed by atoms with E-state index in [-0.39, 0.29) is 22.8 Å². The fourth-order valence-corrected chi connectivity index (χ4v) is 2.99. The van der Waals surface area contributed by atoms with E-state index < -0.39 is 30.1 Å². The van der Waals surface area contributed by atoms with E-state index in [9.17, 15) is 27.6 Å². The van der Waals surface area contributed by atoms with Gasteiger partial charge in [0.05, 0.1) is 23.9 Å². The van der Waals surface area contributed by atoms with E-state index in [1.165, 1.54) is 30.7 Å². The highest BCUT2D eigenvalue weighted by molar-refractivity contribution is 6.04. The molecule has 11 heteroatoms. The van der Waals surface area contributed by atoms with Crippen LogP contribution in [0.5, 0.6) is 0 Å². The largest absolute Gasteiger partial charge is 0.472 e. The topological polar surface area (TPSA) is 112 Å². The number of furan rings is 1. The van der Waals surface area contributed by atoms with E-state index in [4.69, 9.17) is 4.42 Å². The number of benzene rings is 2. The fraction of sp³-hybridized carbons (Fsp3) is 0.174. The highest BCUT2D eigenvalue weighted by atomic mass is 19.4. The van der Waals surface area contributed by atoms with Gasteiger partial charge in [0.1, 0.15) is 6.26 Å². The Morgan fingerprint density at radius 2 is 1.68 bits per heavy atom. The average molecular weight is 474 g/mol. The molecule has 0 saturated carbocycles. The molecule has 0 saturated heterocycles. The third-order valence-electron chi connectivity index (χ3n) is 4.55. The third kappa shape index (κ3) is 6.37. The summed E-state index contributed by atoms with van der Waals surface area (Å²) in [7, 11) is 0. The van der Waals surface area contributed by atoms with Crippen molar-refractivity contribution >= 4 is 34.8 Å². The first-order valence-corrected chi connectivity index (χ1v) is 10.1. The Morgan fingerprint density at radius 1 is 0.912 bits per heavy atom. The summed E-state index contributed by atoms with van der Waals surface area (Å²) in [5.74, 6) is -1.55. The molecule has 4 N–H and O–H groups in total. The minimum atomic E-state index is -4.74. The van der Waals surface area contributed by atoms with Crippen molar-refractivity contribution in [3.8, 4) is 0 Å². The van der Waals surface area contributed by atoms with Crippen LogP contribution in [0, 0.1) is 0 Å². The lowest BCUT2D eigenvalue weighted by Gasteiger charge is -2.16. The van der Waals surface area contributed by atoms with Crippen LogP contribution in [0.3, 0.4) is 0 Å².